The zero-order valence-electron chi connectivity index (χ0n) is 14.9. The van der Waals surface area contributed by atoms with Crippen molar-refractivity contribution >= 4 is 44.1 Å². The van der Waals surface area contributed by atoms with Crippen molar-refractivity contribution < 1.29 is 13.2 Å². The minimum absolute atomic E-state index is 0.0386. The molecule has 3 aromatic rings. The summed E-state index contributed by atoms with van der Waals surface area (Å²) in [5.41, 5.74) is 1.59. The molecule has 4 rings (SSSR count). The van der Waals surface area contributed by atoms with Gasteiger partial charge in [0.25, 0.3) is 5.91 Å². The van der Waals surface area contributed by atoms with Crippen molar-refractivity contribution in [3.05, 3.63) is 65.3 Å². The van der Waals surface area contributed by atoms with Gasteiger partial charge in [0.05, 0.1) is 16.2 Å². The average Bonchev–Trinajstić information content (AvgIpc) is 3.24. The van der Waals surface area contributed by atoms with Crippen molar-refractivity contribution in [2.45, 2.75) is 17.7 Å². The first-order valence-electron chi connectivity index (χ1n) is 8.91. The number of amides is 1. The highest BCUT2D eigenvalue weighted by atomic mass is 35.5. The van der Waals surface area contributed by atoms with E-state index in [0.717, 1.165) is 23.7 Å². The minimum Gasteiger partial charge on any atom is -0.321 e. The van der Waals surface area contributed by atoms with E-state index in [1.807, 2.05) is 12.1 Å². The minimum atomic E-state index is -3.72. The van der Waals surface area contributed by atoms with Crippen LogP contribution in [0.25, 0.3) is 10.9 Å². The summed E-state index contributed by atoms with van der Waals surface area (Å²) in [7, 11) is -3.72. The maximum absolute atomic E-state index is 12.9. The molecule has 144 valence electrons. The van der Waals surface area contributed by atoms with E-state index in [4.69, 9.17) is 11.6 Å². The Morgan fingerprint density at radius 2 is 1.86 bits per heavy atom. The third kappa shape index (κ3) is 3.48. The fourth-order valence-electron chi connectivity index (χ4n) is 3.32. The maximum atomic E-state index is 12.9. The van der Waals surface area contributed by atoms with Gasteiger partial charge in [-0.15, -0.1) is 0 Å². The number of hydrogen-bond acceptors (Lipinski definition) is 4. The highest BCUT2D eigenvalue weighted by molar-refractivity contribution is 7.89. The Bertz CT molecular complexity index is 1150. The van der Waals surface area contributed by atoms with Gasteiger partial charge in [-0.1, -0.05) is 17.7 Å². The summed E-state index contributed by atoms with van der Waals surface area (Å²) in [4.78, 5) is 17.0. The number of nitrogens with zero attached hydrogens (tertiary/aromatic N) is 2. The normalized spacial score (nSPS) is 15.0. The van der Waals surface area contributed by atoms with E-state index in [-0.39, 0.29) is 15.5 Å². The Morgan fingerprint density at radius 3 is 2.64 bits per heavy atom. The lowest BCUT2D eigenvalue weighted by atomic mass is 10.1. The second-order valence-electron chi connectivity index (χ2n) is 6.59. The standard InChI is InChI=1S/C20H18ClN3O3S/c21-16-9-8-14(13-19(16)28(26,27)24-11-1-2-12-24)20(25)23-18-7-3-6-17-15(18)5-4-10-22-17/h3-10,13H,1-2,11-12H2,(H,23,25). The fourth-order valence-corrected chi connectivity index (χ4v) is 5.33. The Hall–Kier alpha value is -2.48. The Balaban J connectivity index is 1.67. The molecule has 2 aromatic carbocycles. The van der Waals surface area contributed by atoms with E-state index in [0.29, 0.717) is 18.8 Å². The summed E-state index contributed by atoms with van der Waals surface area (Å²) in [5, 5.41) is 3.75. The van der Waals surface area contributed by atoms with Gasteiger partial charge in [0.1, 0.15) is 4.90 Å². The average molecular weight is 416 g/mol. The fraction of sp³-hybridized carbons (Fsp3) is 0.200. The van der Waals surface area contributed by atoms with E-state index in [2.05, 4.69) is 10.3 Å². The summed E-state index contributed by atoms with van der Waals surface area (Å²) >= 11 is 6.16. The van der Waals surface area contributed by atoms with Gasteiger partial charge in [-0.3, -0.25) is 9.78 Å². The molecule has 1 saturated heterocycles. The van der Waals surface area contributed by atoms with E-state index in [1.165, 1.54) is 22.5 Å². The van der Waals surface area contributed by atoms with Crippen LogP contribution in [-0.2, 0) is 10.0 Å². The summed E-state index contributed by atoms with van der Waals surface area (Å²) in [6.45, 7) is 0.941. The molecule has 6 nitrogen and oxygen atoms in total. The zero-order chi connectivity index (χ0) is 19.7. The molecule has 0 atom stereocenters. The summed E-state index contributed by atoms with van der Waals surface area (Å²) in [6.07, 6.45) is 3.33. The van der Waals surface area contributed by atoms with Gasteiger partial charge in [-0.05, 0) is 55.3 Å². The Morgan fingerprint density at radius 1 is 1.07 bits per heavy atom. The van der Waals surface area contributed by atoms with Crippen LogP contribution >= 0.6 is 11.6 Å². The van der Waals surface area contributed by atoms with Gasteiger partial charge < -0.3 is 5.32 Å². The number of anilines is 1. The molecular formula is C20H18ClN3O3S. The Kier molecular flexibility index (Phi) is 5.05. The molecule has 0 aliphatic carbocycles. The topological polar surface area (TPSA) is 79.4 Å². The lowest BCUT2D eigenvalue weighted by molar-refractivity contribution is 0.102. The van der Waals surface area contributed by atoms with Crippen LogP contribution in [0.4, 0.5) is 5.69 Å². The molecule has 1 fully saturated rings. The highest BCUT2D eigenvalue weighted by Crippen LogP contribution is 2.29. The number of carbonyl (C=O) groups excluding carboxylic acids is 1. The number of rotatable bonds is 4. The molecule has 0 saturated carbocycles. The molecule has 1 aromatic heterocycles. The molecular weight excluding hydrogens is 398 g/mol. The van der Waals surface area contributed by atoms with Crippen LogP contribution in [0.3, 0.4) is 0 Å². The second kappa shape index (κ2) is 7.50. The number of benzene rings is 2. The van der Waals surface area contributed by atoms with Crippen molar-refractivity contribution in [2.24, 2.45) is 0 Å². The van der Waals surface area contributed by atoms with Crippen LogP contribution in [0, 0.1) is 0 Å². The lowest BCUT2D eigenvalue weighted by Gasteiger charge is -2.17. The zero-order valence-corrected chi connectivity index (χ0v) is 16.5. The van der Waals surface area contributed by atoms with Crippen molar-refractivity contribution in [3.63, 3.8) is 0 Å². The van der Waals surface area contributed by atoms with Crippen molar-refractivity contribution in [3.8, 4) is 0 Å². The number of fused-ring (bicyclic) bond motifs is 1. The third-order valence-electron chi connectivity index (χ3n) is 4.77. The van der Waals surface area contributed by atoms with Crippen molar-refractivity contribution in [1.29, 1.82) is 0 Å². The predicted molar refractivity (Wildman–Crippen MR) is 109 cm³/mol. The quantitative estimate of drug-likeness (QED) is 0.700. The number of pyridine rings is 1. The number of sulfonamides is 1. The molecule has 0 unspecified atom stereocenters. The van der Waals surface area contributed by atoms with Gasteiger partial charge in [0, 0.05) is 30.2 Å². The number of halogens is 1. The van der Waals surface area contributed by atoms with E-state index < -0.39 is 15.9 Å². The monoisotopic (exact) mass is 415 g/mol. The lowest BCUT2D eigenvalue weighted by Crippen LogP contribution is -2.28. The number of carbonyl (C=O) groups is 1. The molecule has 8 heteroatoms. The van der Waals surface area contributed by atoms with E-state index in [1.54, 1.807) is 24.4 Å². The largest absolute Gasteiger partial charge is 0.321 e. The van der Waals surface area contributed by atoms with Gasteiger partial charge in [0.2, 0.25) is 10.0 Å². The first kappa shape index (κ1) is 18.9. The molecule has 1 aliphatic rings. The van der Waals surface area contributed by atoms with Crippen LogP contribution < -0.4 is 5.32 Å². The smallest absolute Gasteiger partial charge is 0.255 e. The molecule has 2 heterocycles. The third-order valence-corrected chi connectivity index (χ3v) is 7.15. The van der Waals surface area contributed by atoms with E-state index in [9.17, 15) is 13.2 Å². The van der Waals surface area contributed by atoms with Crippen LogP contribution in [0.15, 0.2) is 59.6 Å². The van der Waals surface area contributed by atoms with Crippen molar-refractivity contribution in [2.75, 3.05) is 18.4 Å². The molecule has 0 bridgehead atoms. The maximum Gasteiger partial charge on any atom is 0.255 e. The van der Waals surface area contributed by atoms with Crippen LogP contribution in [0.2, 0.25) is 5.02 Å². The van der Waals surface area contributed by atoms with Gasteiger partial charge in [0.15, 0.2) is 0 Å². The number of aromatic nitrogens is 1. The predicted octanol–water partition coefficient (Wildman–Crippen LogP) is 3.93. The van der Waals surface area contributed by atoms with Gasteiger partial charge >= 0.3 is 0 Å². The number of hydrogen-bond donors (Lipinski definition) is 1. The molecule has 1 aliphatic heterocycles. The first-order chi connectivity index (χ1) is 13.5. The molecule has 1 amide bonds. The van der Waals surface area contributed by atoms with Crippen LogP contribution in [-0.4, -0.2) is 36.7 Å². The first-order valence-corrected chi connectivity index (χ1v) is 10.7. The molecule has 28 heavy (non-hydrogen) atoms. The Labute approximate surface area is 168 Å². The summed E-state index contributed by atoms with van der Waals surface area (Å²) < 4.78 is 27.1. The summed E-state index contributed by atoms with van der Waals surface area (Å²) in [6, 6.07) is 13.4. The van der Waals surface area contributed by atoms with E-state index >= 15 is 0 Å². The van der Waals surface area contributed by atoms with Gasteiger partial charge in [-0.2, -0.15) is 4.31 Å². The van der Waals surface area contributed by atoms with Crippen LogP contribution in [0.5, 0.6) is 0 Å². The molecule has 1 N–H and O–H groups in total. The van der Waals surface area contributed by atoms with Crippen LogP contribution in [0.1, 0.15) is 23.2 Å². The summed E-state index contributed by atoms with van der Waals surface area (Å²) in [5.74, 6) is -0.411. The number of nitrogens with one attached hydrogen (secondary N) is 1. The van der Waals surface area contributed by atoms with Crippen molar-refractivity contribution in [1.82, 2.24) is 9.29 Å². The van der Waals surface area contributed by atoms with Gasteiger partial charge in [-0.25, -0.2) is 8.42 Å². The highest BCUT2D eigenvalue weighted by Gasteiger charge is 2.29. The molecule has 0 radical (unpaired) electrons. The SMILES string of the molecule is O=C(Nc1cccc2ncccc12)c1ccc(Cl)c(S(=O)(=O)N2CCCC2)c1. The second-order valence-corrected chi connectivity index (χ2v) is 8.90. The molecule has 0 spiro atoms.